The predicted molar refractivity (Wildman–Crippen MR) is 83.0 cm³/mol. The van der Waals surface area contributed by atoms with Crippen LogP contribution >= 0.6 is 0 Å². The lowest BCUT2D eigenvalue weighted by Gasteiger charge is -2.12. The number of sulfonamides is 1. The molecule has 0 saturated carbocycles. The van der Waals surface area contributed by atoms with Gasteiger partial charge < -0.3 is 14.9 Å². The molecule has 8 heteroatoms. The fraction of sp³-hybridized carbons (Fsp3) is 0.133. The lowest BCUT2D eigenvalue weighted by Crippen LogP contribution is -2.15. The molecule has 0 aliphatic carbocycles. The summed E-state index contributed by atoms with van der Waals surface area (Å²) in [5.74, 6) is -1.83. The van der Waals surface area contributed by atoms with Crippen LogP contribution in [-0.4, -0.2) is 31.7 Å². The third-order valence-electron chi connectivity index (χ3n) is 3.04. The number of hydrogen-bond donors (Lipinski definition) is 3. The number of aromatic carboxylic acids is 1. The standard InChI is InChI=1S/C15H15NO6S/c1-22-9-10-4-2-3-5-14(10)23(20,21)16-11-6-7-12(15(18)19)13(17)8-11/h2-8,16-17H,9H2,1H3,(H,18,19). The Kier molecular flexibility index (Phi) is 4.87. The number of benzene rings is 2. The van der Waals surface area contributed by atoms with Gasteiger partial charge in [-0.25, -0.2) is 13.2 Å². The number of methoxy groups -OCH3 is 1. The molecule has 0 spiro atoms. The molecule has 7 nitrogen and oxygen atoms in total. The van der Waals surface area contributed by atoms with E-state index >= 15 is 0 Å². The van der Waals surface area contributed by atoms with E-state index in [0.29, 0.717) is 5.56 Å². The van der Waals surface area contributed by atoms with Crippen LogP contribution in [0.3, 0.4) is 0 Å². The van der Waals surface area contributed by atoms with Gasteiger partial charge in [-0.3, -0.25) is 4.72 Å². The van der Waals surface area contributed by atoms with Crippen LogP contribution in [0.1, 0.15) is 15.9 Å². The van der Waals surface area contributed by atoms with Crippen LogP contribution in [0.25, 0.3) is 0 Å². The minimum Gasteiger partial charge on any atom is -0.507 e. The number of carbonyl (C=O) groups is 1. The van der Waals surface area contributed by atoms with Crippen molar-refractivity contribution in [2.24, 2.45) is 0 Å². The number of nitrogens with one attached hydrogen (secondary N) is 1. The van der Waals surface area contributed by atoms with Gasteiger partial charge in [-0.2, -0.15) is 0 Å². The average molecular weight is 337 g/mol. The van der Waals surface area contributed by atoms with Crippen molar-refractivity contribution in [2.75, 3.05) is 11.8 Å². The summed E-state index contributed by atoms with van der Waals surface area (Å²) in [4.78, 5) is 10.9. The highest BCUT2D eigenvalue weighted by molar-refractivity contribution is 7.92. The summed E-state index contributed by atoms with van der Waals surface area (Å²) in [6, 6.07) is 9.76. The summed E-state index contributed by atoms with van der Waals surface area (Å²) in [5.41, 5.74) is 0.223. The number of rotatable bonds is 6. The molecule has 0 atom stereocenters. The molecule has 23 heavy (non-hydrogen) atoms. The van der Waals surface area contributed by atoms with Crippen molar-refractivity contribution in [3.05, 3.63) is 53.6 Å². The van der Waals surface area contributed by atoms with Crippen LogP contribution in [0.4, 0.5) is 5.69 Å². The van der Waals surface area contributed by atoms with Crippen molar-refractivity contribution >= 4 is 21.7 Å². The highest BCUT2D eigenvalue weighted by atomic mass is 32.2. The summed E-state index contributed by atoms with van der Waals surface area (Å²) in [5, 5.41) is 18.5. The summed E-state index contributed by atoms with van der Waals surface area (Å²) in [7, 11) is -2.45. The smallest absolute Gasteiger partial charge is 0.339 e. The average Bonchev–Trinajstić information content (AvgIpc) is 2.47. The molecule has 0 aromatic heterocycles. The van der Waals surface area contributed by atoms with E-state index in [2.05, 4.69) is 4.72 Å². The van der Waals surface area contributed by atoms with Gasteiger partial charge in [-0.1, -0.05) is 18.2 Å². The second kappa shape index (κ2) is 6.67. The molecule has 0 aliphatic rings. The Balaban J connectivity index is 2.36. The summed E-state index contributed by atoms with van der Waals surface area (Å²) in [6.45, 7) is 0.125. The van der Waals surface area contributed by atoms with E-state index in [9.17, 15) is 18.3 Å². The van der Waals surface area contributed by atoms with E-state index in [4.69, 9.17) is 9.84 Å². The third-order valence-corrected chi connectivity index (χ3v) is 4.52. The fourth-order valence-corrected chi connectivity index (χ4v) is 3.30. The van der Waals surface area contributed by atoms with Crippen molar-refractivity contribution in [2.45, 2.75) is 11.5 Å². The van der Waals surface area contributed by atoms with Gasteiger partial charge >= 0.3 is 5.97 Å². The first-order valence-corrected chi connectivity index (χ1v) is 7.99. The Morgan fingerprint density at radius 2 is 1.91 bits per heavy atom. The Morgan fingerprint density at radius 3 is 2.52 bits per heavy atom. The fourth-order valence-electron chi connectivity index (χ4n) is 2.03. The first-order valence-electron chi connectivity index (χ1n) is 6.51. The highest BCUT2D eigenvalue weighted by Gasteiger charge is 2.19. The number of hydrogen-bond acceptors (Lipinski definition) is 5. The van der Waals surface area contributed by atoms with E-state index in [0.717, 1.165) is 12.1 Å². The van der Waals surface area contributed by atoms with Crippen LogP contribution in [0, 0.1) is 0 Å². The Morgan fingerprint density at radius 1 is 1.22 bits per heavy atom. The van der Waals surface area contributed by atoms with Crippen LogP contribution in [0.2, 0.25) is 0 Å². The zero-order valence-corrected chi connectivity index (χ0v) is 13.0. The van der Waals surface area contributed by atoms with Crippen molar-refractivity contribution in [1.82, 2.24) is 0 Å². The summed E-state index contributed by atoms with van der Waals surface area (Å²) >= 11 is 0. The van der Waals surface area contributed by atoms with E-state index in [1.165, 1.54) is 19.2 Å². The molecule has 0 bridgehead atoms. The molecule has 0 heterocycles. The maximum absolute atomic E-state index is 12.5. The topological polar surface area (TPSA) is 113 Å². The molecule has 0 radical (unpaired) electrons. The first-order chi connectivity index (χ1) is 10.8. The Labute approximate surface area is 133 Å². The molecule has 2 aromatic rings. The largest absolute Gasteiger partial charge is 0.507 e. The van der Waals surface area contributed by atoms with Crippen molar-refractivity contribution in [1.29, 1.82) is 0 Å². The molecule has 0 saturated heterocycles. The lowest BCUT2D eigenvalue weighted by molar-refractivity contribution is 0.0694. The van der Waals surface area contributed by atoms with Crippen LogP contribution in [0.5, 0.6) is 5.75 Å². The third kappa shape index (κ3) is 3.79. The van der Waals surface area contributed by atoms with E-state index in [-0.39, 0.29) is 22.8 Å². The van der Waals surface area contributed by atoms with Gasteiger partial charge in [0.15, 0.2) is 0 Å². The van der Waals surface area contributed by atoms with Gasteiger partial charge in [0.25, 0.3) is 10.0 Å². The van der Waals surface area contributed by atoms with Gasteiger partial charge in [0, 0.05) is 13.2 Å². The number of carboxylic acids is 1. The summed E-state index contributed by atoms with van der Waals surface area (Å²) in [6.07, 6.45) is 0. The molecular formula is C15H15NO6S. The number of anilines is 1. The molecule has 0 fully saturated rings. The SMILES string of the molecule is COCc1ccccc1S(=O)(=O)Nc1ccc(C(=O)O)c(O)c1. The van der Waals surface area contributed by atoms with Crippen molar-refractivity contribution in [3.63, 3.8) is 0 Å². The number of aromatic hydroxyl groups is 1. The molecule has 0 unspecified atom stereocenters. The van der Waals surface area contributed by atoms with Crippen LogP contribution in [0.15, 0.2) is 47.4 Å². The zero-order valence-electron chi connectivity index (χ0n) is 12.2. The molecular weight excluding hydrogens is 322 g/mol. The molecule has 3 N–H and O–H groups in total. The molecule has 0 amide bonds. The quantitative estimate of drug-likeness (QED) is 0.743. The molecule has 2 aromatic carbocycles. The minimum absolute atomic E-state index is 0.0450. The lowest BCUT2D eigenvalue weighted by atomic mass is 10.2. The van der Waals surface area contributed by atoms with E-state index in [1.54, 1.807) is 18.2 Å². The van der Waals surface area contributed by atoms with Gasteiger partial charge in [-0.05, 0) is 23.8 Å². The maximum atomic E-state index is 12.5. The number of ether oxygens (including phenoxy) is 1. The molecule has 122 valence electrons. The Hall–Kier alpha value is -2.58. The van der Waals surface area contributed by atoms with Gasteiger partial charge in [-0.15, -0.1) is 0 Å². The number of phenols is 1. The van der Waals surface area contributed by atoms with Gasteiger partial charge in [0.2, 0.25) is 0 Å². The monoisotopic (exact) mass is 337 g/mol. The molecule has 2 rings (SSSR count). The highest BCUT2D eigenvalue weighted by Crippen LogP contribution is 2.25. The second-order valence-corrected chi connectivity index (χ2v) is 6.33. The molecule has 0 aliphatic heterocycles. The van der Waals surface area contributed by atoms with E-state index in [1.807, 2.05) is 0 Å². The predicted octanol–water partition coefficient (Wildman–Crippen LogP) is 2.04. The van der Waals surface area contributed by atoms with Gasteiger partial charge in [0.05, 0.1) is 17.2 Å². The van der Waals surface area contributed by atoms with Crippen LogP contribution < -0.4 is 4.72 Å². The second-order valence-electron chi connectivity index (χ2n) is 4.68. The number of carboxylic acid groups (broad SMARTS) is 1. The van der Waals surface area contributed by atoms with Crippen molar-refractivity contribution in [3.8, 4) is 5.75 Å². The maximum Gasteiger partial charge on any atom is 0.339 e. The zero-order chi connectivity index (χ0) is 17.0. The van der Waals surface area contributed by atoms with E-state index < -0.39 is 21.7 Å². The van der Waals surface area contributed by atoms with Gasteiger partial charge in [0.1, 0.15) is 11.3 Å². The minimum atomic E-state index is -3.90. The summed E-state index contributed by atoms with van der Waals surface area (Å²) < 4.78 is 32.2. The first kappa shape index (κ1) is 16.8. The van der Waals surface area contributed by atoms with Crippen molar-refractivity contribution < 1.29 is 28.2 Å². The Bertz CT molecular complexity index is 832. The van der Waals surface area contributed by atoms with Crippen LogP contribution in [-0.2, 0) is 21.4 Å². The normalized spacial score (nSPS) is 11.2.